The number of benzene rings is 3. The summed E-state index contributed by atoms with van der Waals surface area (Å²) in [6, 6.07) is 24.9. The lowest BCUT2D eigenvalue weighted by atomic mass is 9.73. The van der Waals surface area contributed by atoms with Gasteiger partial charge in [-0.2, -0.15) is 0 Å². The number of ether oxygens (including phenoxy) is 2. The predicted molar refractivity (Wildman–Crippen MR) is 177 cm³/mol. The van der Waals surface area contributed by atoms with E-state index in [4.69, 9.17) is 9.47 Å². The Morgan fingerprint density at radius 3 is 2.05 bits per heavy atom. The van der Waals surface area contributed by atoms with Crippen LogP contribution in [0.15, 0.2) is 72.8 Å². The first kappa shape index (κ1) is 31.5. The molecule has 6 heteroatoms. The standard InChI is InChI=1S/C37H49NO4Si/c1-36(2,19-13-20-37(3,4)43(40,29-14-9-7-10-15-29)30-16-11-8-12-17-30)25-28-26-38-21-18-27-22-34(41-5)35(42-6)23-31(27)32(38)24-33(28)39/h7-12,14-17,22-23,28,32,40H,13,18-21,24-26H2,1-6H3/t28-,32-/m1/s1. The second-order valence-electron chi connectivity index (χ2n) is 14.1. The summed E-state index contributed by atoms with van der Waals surface area (Å²) >= 11 is 0. The van der Waals surface area contributed by atoms with Crippen LogP contribution >= 0.6 is 0 Å². The number of piperidine rings is 1. The summed E-state index contributed by atoms with van der Waals surface area (Å²) in [7, 11) is 0.323. The summed E-state index contributed by atoms with van der Waals surface area (Å²) in [5.74, 6) is 1.93. The lowest BCUT2D eigenvalue weighted by Gasteiger charge is -2.45. The van der Waals surface area contributed by atoms with Crippen LogP contribution < -0.4 is 19.8 Å². The third-order valence-corrected chi connectivity index (χ3v) is 14.8. The number of fused-ring (bicyclic) bond motifs is 3. The van der Waals surface area contributed by atoms with Crippen LogP contribution in [0.25, 0.3) is 0 Å². The van der Waals surface area contributed by atoms with Gasteiger partial charge >= 0.3 is 0 Å². The van der Waals surface area contributed by atoms with Gasteiger partial charge in [0.2, 0.25) is 0 Å². The number of ketones is 1. The van der Waals surface area contributed by atoms with Crippen LogP contribution in [0, 0.1) is 11.3 Å². The molecular weight excluding hydrogens is 550 g/mol. The monoisotopic (exact) mass is 599 g/mol. The van der Waals surface area contributed by atoms with Crippen LogP contribution in [0.5, 0.6) is 11.5 Å². The fourth-order valence-electron chi connectivity index (χ4n) is 7.72. The zero-order valence-electron chi connectivity index (χ0n) is 26.9. The first-order chi connectivity index (χ1) is 20.5. The molecule has 0 aliphatic carbocycles. The van der Waals surface area contributed by atoms with E-state index in [1.165, 1.54) is 11.1 Å². The molecule has 3 aromatic rings. The van der Waals surface area contributed by atoms with Crippen molar-refractivity contribution in [2.24, 2.45) is 11.3 Å². The minimum absolute atomic E-state index is 0.0344. The normalized spacial score (nSPS) is 19.5. The zero-order chi connectivity index (χ0) is 30.8. The van der Waals surface area contributed by atoms with Gasteiger partial charge in [-0.1, -0.05) is 94.8 Å². The van der Waals surface area contributed by atoms with Gasteiger partial charge in [0.25, 0.3) is 8.32 Å². The minimum atomic E-state index is -3.02. The third kappa shape index (κ3) is 6.33. The van der Waals surface area contributed by atoms with Gasteiger partial charge in [-0.15, -0.1) is 0 Å². The number of carbonyl (C=O) groups is 1. The first-order valence-electron chi connectivity index (χ1n) is 15.8. The molecule has 43 heavy (non-hydrogen) atoms. The molecule has 1 saturated heterocycles. The molecule has 1 fully saturated rings. The summed E-state index contributed by atoms with van der Waals surface area (Å²) in [5.41, 5.74) is 2.51. The van der Waals surface area contributed by atoms with Crippen molar-refractivity contribution >= 4 is 24.5 Å². The highest BCUT2D eigenvalue weighted by Crippen LogP contribution is 2.45. The van der Waals surface area contributed by atoms with Crippen molar-refractivity contribution in [1.29, 1.82) is 0 Å². The van der Waals surface area contributed by atoms with Crippen LogP contribution in [0.3, 0.4) is 0 Å². The van der Waals surface area contributed by atoms with Crippen molar-refractivity contribution in [3.63, 3.8) is 0 Å². The maximum atomic E-state index is 13.6. The maximum absolute atomic E-state index is 13.6. The van der Waals surface area contributed by atoms with Crippen molar-refractivity contribution in [1.82, 2.24) is 4.90 Å². The van der Waals surface area contributed by atoms with Gasteiger partial charge in [0, 0.05) is 31.5 Å². The van der Waals surface area contributed by atoms with Crippen molar-refractivity contribution in [3.05, 3.63) is 83.9 Å². The quantitative estimate of drug-likeness (QED) is 0.262. The number of hydrogen-bond acceptors (Lipinski definition) is 5. The molecule has 0 amide bonds. The van der Waals surface area contributed by atoms with E-state index >= 15 is 0 Å². The molecule has 3 aromatic carbocycles. The Hall–Kier alpha value is -2.93. The Kier molecular flexibility index (Phi) is 9.22. The van der Waals surface area contributed by atoms with Crippen LogP contribution in [0.4, 0.5) is 0 Å². The fourth-order valence-corrected chi connectivity index (χ4v) is 11.5. The lowest BCUT2D eigenvalue weighted by Crippen LogP contribution is -2.65. The highest BCUT2D eigenvalue weighted by Gasteiger charge is 2.49. The number of Topliss-reactive ketones (excluding diaryl/α,β-unsaturated/α-hetero) is 1. The van der Waals surface area contributed by atoms with Gasteiger partial charge in [0.05, 0.1) is 14.2 Å². The molecule has 5 nitrogen and oxygen atoms in total. The van der Waals surface area contributed by atoms with Crippen molar-refractivity contribution in [2.75, 3.05) is 27.3 Å². The lowest BCUT2D eigenvalue weighted by molar-refractivity contribution is -0.130. The van der Waals surface area contributed by atoms with E-state index < -0.39 is 8.32 Å². The second kappa shape index (κ2) is 12.6. The van der Waals surface area contributed by atoms with Gasteiger partial charge in [-0.3, -0.25) is 9.69 Å². The summed E-state index contributed by atoms with van der Waals surface area (Å²) in [6.45, 7) is 10.9. The van der Waals surface area contributed by atoms with Gasteiger partial charge < -0.3 is 14.3 Å². The average molecular weight is 600 g/mol. The Balaban J connectivity index is 1.24. The molecule has 1 N–H and O–H groups in total. The summed E-state index contributed by atoms with van der Waals surface area (Å²) in [4.78, 5) is 28.6. The number of rotatable bonds is 11. The van der Waals surface area contributed by atoms with E-state index in [9.17, 15) is 9.59 Å². The van der Waals surface area contributed by atoms with Crippen LogP contribution in [0.2, 0.25) is 5.04 Å². The SMILES string of the molecule is COc1cc2c(cc1OC)[C@H]1CC(=O)[C@H](CC(C)(C)CCCC(C)(C)[Si](O)(c3ccccc3)c3ccccc3)CN1CC2. The number of methoxy groups -OCH3 is 2. The van der Waals surface area contributed by atoms with Gasteiger partial charge in [0.1, 0.15) is 5.78 Å². The number of nitrogens with zero attached hydrogens (tertiary/aromatic N) is 1. The third-order valence-electron chi connectivity index (χ3n) is 10.2. The Morgan fingerprint density at radius 2 is 1.47 bits per heavy atom. The summed E-state index contributed by atoms with van der Waals surface area (Å²) < 4.78 is 11.1. The first-order valence-corrected chi connectivity index (χ1v) is 17.8. The van der Waals surface area contributed by atoms with Gasteiger partial charge in [-0.25, -0.2) is 0 Å². The number of carbonyl (C=O) groups excluding carboxylic acids is 1. The molecule has 230 valence electrons. The van der Waals surface area contributed by atoms with Crippen molar-refractivity contribution in [2.45, 2.75) is 77.3 Å². The molecular formula is C37H49NO4Si. The van der Waals surface area contributed by atoms with Crippen molar-refractivity contribution < 1.29 is 19.1 Å². The highest BCUT2D eigenvalue weighted by molar-refractivity contribution is 6.98. The average Bonchev–Trinajstić information content (AvgIpc) is 3.00. The Bertz CT molecular complexity index is 1370. The van der Waals surface area contributed by atoms with E-state index in [0.717, 1.165) is 67.1 Å². The van der Waals surface area contributed by atoms with E-state index in [1.807, 2.05) is 36.4 Å². The molecule has 0 bridgehead atoms. The number of hydrogen-bond donors (Lipinski definition) is 1. The van der Waals surface area contributed by atoms with E-state index in [2.05, 4.69) is 69.0 Å². The minimum Gasteiger partial charge on any atom is -0.493 e. The largest absolute Gasteiger partial charge is 0.493 e. The summed E-state index contributed by atoms with van der Waals surface area (Å²) in [5, 5.41) is 1.86. The smallest absolute Gasteiger partial charge is 0.258 e. The molecule has 0 spiro atoms. The summed E-state index contributed by atoms with van der Waals surface area (Å²) in [6.07, 6.45) is 5.38. The van der Waals surface area contributed by atoms with Crippen molar-refractivity contribution in [3.8, 4) is 11.5 Å². The fraction of sp³-hybridized carbons (Fsp3) is 0.486. The van der Waals surface area contributed by atoms with Gasteiger partial charge in [0.15, 0.2) is 11.5 Å². The second-order valence-corrected chi connectivity index (χ2v) is 18.0. The topological polar surface area (TPSA) is 59.0 Å². The van der Waals surface area contributed by atoms with Gasteiger partial charge in [-0.05, 0) is 69.8 Å². The molecule has 0 saturated carbocycles. The Labute approximate surface area is 259 Å². The molecule has 2 aliphatic heterocycles. The highest BCUT2D eigenvalue weighted by atomic mass is 28.4. The molecule has 0 aromatic heterocycles. The molecule has 0 unspecified atom stereocenters. The maximum Gasteiger partial charge on any atom is 0.258 e. The zero-order valence-corrected chi connectivity index (χ0v) is 27.9. The van der Waals surface area contributed by atoms with Crippen LogP contribution in [-0.4, -0.2) is 51.1 Å². The molecule has 0 radical (unpaired) electrons. The van der Waals surface area contributed by atoms with E-state index in [1.54, 1.807) is 14.2 Å². The molecule has 2 aliphatic rings. The van der Waals surface area contributed by atoms with E-state index in [-0.39, 0.29) is 22.4 Å². The molecule has 2 atom stereocenters. The van der Waals surface area contributed by atoms with Crippen LogP contribution in [0.1, 0.15) is 77.0 Å². The van der Waals surface area contributed by atoms with Crippen LogP contribution in [-0.2, 0) is 11.2 Å². The molecule has 2 heterocycles. The predicted octanol–water partition coefficient (Wildman–Crippen LogP) is 6.31. The molecule has 5 rings (SSSR count). The van der Waals surface area contributed by atoms with E-state index in [0.29, 0.717) is 12.2 Å². The Morgan fingerprint density at radius 1 is 0.884 bits per heavy atom.